The number of hydrogen-bond donors (Lipinski definition) is 2. The molecule has 3 heterocycles. The highest BCUT2D eigenvalue weighted by Gasteiger charge is 2.52. The van der Waals surface area contributed by atoms with Crippen molar-refractivity contribution in [1.82, 2.24) is 4.98 Å². The van der Waals surface area contributed by atoms with Gasteiger partial charge in [0, 0.05) is 23.7 Å². The second kappa shape index (κ2) is 8.04. The molecule has 2 N–H and O–H groups in total. The number of carboxylic acids is 1. The minimum Gasteiger partial charge on any atom is -0.481 e. The van der Waals surface area contributed by atoms with Crippen LogP contribution < -0.4 is 18.6 Å². The van der Waals surface area contributed by atoms with Crippen LogP contribution in [0.3, 0.4) is 0 Å². The van der Waals surface area contributed by atoms with Gasteiger partial charge >= 0.3 is 5.97 Å². The van der Waals surface area contributed by atoms with E-state index in [1.807, 2.05) is 6.92 Å². The Kier molecular flexibility index (Phi) is 6.03. The maximum atomic E-state index is 11.9. The van der Waals surface area contributed by atoms with Gasteiger partial charge in [-0.15, -0.1) is 10.2 Å². The van der Waals surface area contributed by atoms with E-state index < -0.39 is 16.2 Å². The topological polar surface area (TPSA) is 148 Å². The SMILES string of the molecule is CCC1(C(C)C(=O)O)CCC[N+]2=C1c1[nH]c3ccccc3c1CC2.[O-][Cl+3]([O-])([O-])[O-]. The Morgan fingerprint density at radius 2 is 1.93 bits per heavy atom. The predicted octanol–water partition coefficient (Wildman–Crippen LogP) is -1.32. The number of carbonyl (C=O) groups is 1. The van der Waals surface area contributed by atoms with E-state index in [0.717, 1.165) is 44.3 Å². The van der Waals surface area contributed by atoms with Gasteiger partial charge in [0.2, 0.25) is 5.71 Å². The van der Waals surface area contributed by atoms with Crippen LogP contribution in [0.15, 0.2) is 24.3 Å². The summed E-state index contributed by atoms with van der Waals surface area (Å²) in [6.07, 6.45) is 3.92. The Labute approximate surface area is 170 Å². The molecule has 0 bridgehead atoms. The van der Waals surface area contributed by atoms with E-state index in [4.69, 9.17) is 18.6 Å². The van der Waals surface area contributed by atoms with Crippen LogP contribution in [0.4, 0.5) is 0 Å². The van der Waals surface area contributed by atoms with Crippen molar-refractivity contribution >= 4 is 22.6 Å². The lowest BCUT2D eigenvalue weighted by Crippen LogP contribution is -2.68. The third-order valence-corrected chi connectivity index (χ3v) is 6.35. The van der Waals surface area contributed by atoms with Gasteiger partial charge in [-0.25, -0.2) is 23.2 Å². The van der Waals surface area contributed by atoms with Gasteiger partial charge in [-0.2, -0.15) is 0 Å². The van der Waals surface area contributed by atoms with Crippen LogP contribution in [0, 0.1) is 21.6 Å². The lowest BCUT2D eigenvalue weighted by Gasteiger charge is -2.39. The molecule has 158 valence electrons. The molecule has 0 saturated carbocycles. The molecule has 0 radical (unpaired) electrons. The van der Waals surface area contributed by atoms with Crippen LogP contribution in [0.1, 0.15) is 44.4 Å². The summed E-state index contributed by atoms with van der Waals surface area (Å²) in [4.78, 5) is 15.5. The molecule has 1 aromatic heterocycles. The van der Waals surface area contributed by atoms with E-state index in [0.29, 0.717) is 0 Å². The highest BCUT2D eigenvalue weighted by atomic mass is 35.7. The summed E-state index contributed by atoms with van der Waals surface area (Å²) >= 11 is 0. The smallest absolute Gasteiger partial charge is 0.307 e. The molecule has 8 nitrogen and oxygen atoms in total. The molecule has 9 heteroatoms. The lowest BCUT2D eigenvalue weighted by molar-refractivity contribution is -2.00. The number of carboxylic acid groups (broad SMARTS) is 1. The number of fused-ring (bicyclic) bond motifs is 4. The number of rotatable bonds is 3. The number of nitrogens with one attached hydrogen (secondary N) is 1. The lowest BCUT2D eigenvalue weighted by atomic mass is 9.64. The van der Waals surface area contributed by atoms with Gasteiger partial charge < -0.3 is 10.1 Å². The van der Waals surface area contributed by atoms with Gasteiger partial charge in [0.25, 0.3) is 0 Å². The Balaban J connectivity index is 0.000000431. The third kappa shape index (κ3) is 4.17. The van der Waals surface area contributed by atoms with Crippen molar-refractivity contribution in [2.75, 3.05) is 13.1 Å². The average molecular weight is 425 g/mol. The van der Waals surface area contributed by atoms with E-state index in [-0.39, 0.29) is 11.3 Å². The van der Waals surface area contributed by atoms with Gasteiger partial charge in [0.1, 0.15) is 18.8 Å². The van der Waals surface area contributed by atoms with Crippen molar-refractivity contribution in [1.29, 1.82) is 0 Å². The minimum absolute atomic E-state index is 0.278. The summed E-state index contributed by atoms with van der Waals surface area (Å²) in [5, 5.41) is 11.1. The fourth-order valence-corrected chi connectivity index (χ4v) is 4.98. The molecule has 0 saturated heterocycles. The normalized spacial score (nSPS) is 22.4. The summed E-state index contributed by atoms with van der Waals surface area (Å²) in [6.45, 7) is 6.07. The number of aliphatic carboxylic acids is 1. The maximum Gasteiger partial charge on any atom is 0.307 e. The number of para-hydroxylation sites is 1. The van der Waals surface area contributed by atoms with E-state index in [2.05, 4.69) is 40.7 Å². The average Bonchev–Trinajstić information content (AvgIpc) is 3.04. The molecule has 0 spiro atoms. The number of benzene rings is 1. The number of aromatic nitrogens is 1. The highest BCUT2D eigenvalue weighted by Crippen LogP contribution is 2.45. The number of hydrogen-bond acceptors (Lipinski definition) is 5. The third-order valence-electron chi connectivity index (χ3n) is 6.35. The van der Waals surface area contributed by atoms with Gasteiger partial charge in [0.05, 0.1) is 11.3 Å². The van der Waals surface area contributed by atoms with Gasteiger partial charge in [-0.3, -0.25) is 4.79 Å². The molecular formula is C20H25ClN2O6. The van der Waals surface area contributed by atoms with Crippen molar-refractivity contribution < 1.29 is 43.4 Å². The molecule has 2 atom stereocenters. The van der Waals surface area contributed by atoms with Gasteiger partial charge in [-0.05, 0) is 24.5 Å². The second-order valence-electron chi connectivity index (χ2n) is 7.66. The summed E-state index contributed by atoms with van der Waals surface area (Å²) in [7, 11) is -4.94. The Morgan fingerprint density at radius 3 is 2.55 bits per heavy atom. The molecule has 0 aliphatic carbocycles. The summed E-state index contributed by atoms with van der Waals surface area (Å²) < 4.78 is 36.4. The molecule has 0 fully saturated rings. The zero-order valence-electron chi connectivity index (χ0n) is 16.4. The molecular weight excluding hydrogens is 400 g/mol. The van der Waals surface area contributed by atoms with Crippen LogP contribution in [-0.2, 0) is 11.2 Å². The number of halogens is 1. The zero-order chi connectivity index (χ0) is 21.4. The number of H-pyrrole nitrogens is 1. The van der Waals surface area contributed by atoms with Crippen molar-refractivity contribution in [3.05, 3.63) is 35.5 Å². The van der Waals surface area contributed by atoms with E-state index in [1.165, 1.54) is 22.4 Å². The van der Waals surface area contributed by atoms with Crippen LogP contribution in [0.25, 0.3) is 10.9 Å². The van der Waals surface area contributed by atoms with Crippen molar-refractivity contribution in [3.8, 4) is 0 Å². The first-order chi connectivity index (χ1) is 13.6. The molecule has 2 aliphatic rings. The largest absolute Gasteiger partial charge is 0.481 e. The zero-order valence-corrected chi connectivity index (χ0v) is 17.2. The standard InChI is InChI=1S/C20H24N2O2.ClHO4/c1-3-20(13(2)19(23)24)10-6-11-22-12-9-15-14-7-4-5-8-16(14)21-17(15)18(20)22;2-1(3,4)5/h4-5,7-8,13H,3,6,9-12H2,1-2H3,(H,23,24);(H,2,3,4,5). The predicted molar refractivity (Wildman–Crippen MR) is 94.9 cm³/mol. The quantitative estimate of drug-likeness (QED) is 0.584. The number of aromatic amines is 1. The first kappa shape index (κ1) is 21.7. The fraction of sp³-hybridized carbons (Fsp3) is 0.500. The van der Waals surface area contributed by atoms with Crippen LogP contribution in [0.5, 0.6) is 0 Å². The van der Waals surface area contributed by atoms with E-state index >= 15 is 0 Å². The van der Waals surface area contributed by atoms with Gasteiger partial charge in [0.15, 0.2) is 0 Å². The van der Waals surface area contributed by atoms with Crippen LogP contribution >= 0.6 is 0 Å². The summed E-state index contributed by atoms with van der Waals surface area (Å²) in [6, 6.07) is 8.44. The van der Waals surface area contributed by atoms with E-state index in [1.54, 1.807) is 0 Å². The Hall–Kier alpha value is -1.97. The molecule has 1 aromatic carbocycles. The molecule has 29 heavy (non-hydrogen) atoms. The van der Waals surface area contributed by atoms with Crippen molar-refractivity contribution in [2.45, 2.75) is 39.5 Å². The van der Waals surface area contributed by atoms with Crippen molar-refractivity contribution in [2.24, 2.45) is 11.3 Å². The highest BCUT2D eigenvalue weighted by molar-refractivity contribution is 6.07. The first-order valence-electron chi connectivity index (χ1n) is 9.65. The first-order valence-corrected chi connectivity index (χ1v) is 10.9. The molecule has 2 aromatic rings. The Morgan fingerprint density at radius 1 is 1.28 bits per heavy atom. The number of nitrogens with zero attached hydrogens (tertiary/aromatic N) is 1. The molecule has 2 unspecified atom stereocenters. The minimum atomic E-state index is -4.94. The molecule has 2 aliphatic heterocycles. The molecule has 4 rings (SSSR count). The summed E-state index contributed by atoms with van der Waals surface area (Å²) in [5.41, 5.74) is 4.70. The van der Waals surface area contributed by atoms with Crippen LogP contribution in [0.2, 0.25) is 0 Å². The maximum absolute atomic E-state index is 11.9. The molecule has 0 amide bonds. The summed E-state index contributed by atoms with van der Waals surface area (Å²) in [5.74, 6) is -1.06. The second-order valence-corrected chi connectivity index (χ2v) is 8.42. The van der Waals surface area contributed by atoms with Crippen LogP contribution in [-0.4, -0.2) is 39.4 Å². The van der Waals surface area contributed by atoms with Crippen molar-refractivity contribution in [3.63, 3.8) is 0 Å². The Bertz CT molecular complexity index is 942. The van der Waals surface area contributed by atoms with Gasteiger partial charge in [-0.1, -0.05) is 32.0 Å². The fourth-order valence-electron chi connectivity index (χ4n) is 4.98. The van der Waals surface area contributed by atoms with E-state index in [9.17, 15) is 9.90 Å². The monoisotopic (exact) mass is 424 g/mol.